The molecule has 0 spiro atoms. The zero-order valence-corrected chi connectivity index (χ0v) is 19.2. The molecule has 35 heavy (non-hydrogen) atoms. The molecule has 1 aliphatic rings. The van der Waals surface area contributed by atoms with Crippen LogP contribution in [0.2, 0.25) is 0 Å². The number of hydrogen-bond acceptors (Lipinski definition) is 7. The molecule has 1 amide bonds. The van der Waals surface area contributed by atoms with Crippen molar-refractivity contribution in [3.63, 3.8) is 0 Å². The van der Waals surface area contributed by atoms with Gasteiger partial charge in [-0.1, -0.05) is 53.7 Å². The Labute approximate surface area is 201 Å². The lowest BCUT2D eigenvalue weighted by molar-refractivity contribution is -0.143. The van der Waals surface area contributed by atoms with Crippen LogP contribution in [0.5, 0.6) is 0 Å². The van der Waals surface area contributed by atoms with E-state index in [9.17, 15) is 14.4 Å². The molecule has 0 radical (unpaired) electrons. The summed E-state index contributed by atoms with van der Waals surface area (Å²) in [5.41, 5.74) is 5.01. The Morgan fingerprint density at radius 1 is 1.09 bits per heavy atom. The van der Waals surface area contributed by atoms with E-state index in [2.05, 4.69) is 27.8 Å². The number of methoxy groups -OCH3 is 1. The van der Waals surface area contributed by atoms with E-state index in [0.717, 1.165) is 22.3 Å². The van der Waals surface area contributed by atoms with Gasteiger partial charge in [-0.2, -0.15) is 0 Å². The molecule has 4 rings (SSSR count). The molecule has 3 aromatic rings. The number of alkyl carbamates (subject to hydrolysis) is 1. The Kier molecular flexibility index (Phi) is 7.39. The summed E-state index contributed by atoms with van der Waals surface area (Å²) in [7, 11) is 1.23. The molecule has 1 heterocycles. The summed E-state index contributed by atoms with van der Waals surface area (Å²) in [6.45, 7) is 0.105. The number of carboxylic acids is 1. The van der Waals surface area contributed by atoms with E-state index in [-0.39, 0.29) is 25.5 Å². The van der Waals surface area contributed by atoms with Crippen LogP contribution in [0.25, 0.3) is 11.1 Å². The molecule has 182 valence electrons. The third kappa shape index (κ3) is 5.65. The number of esters is 1. The molecule has 2 aromatic carbocycles. The number of rotatable bonds is 10. The summed E-state index contributed by atoms with van der Waals surface area (Å²) in [5, 5.41) is 19.2. The van der Waals surface area contributed by atoms with Gasteiger partial charge in [0.2, 0.25) is 0 Å². The highest BCUT2D eigenvalue weighted by molar-refractivity contribution is 5.82. The maximum Gasteiger partial charge on any atom is 0.407 e. The number of benzene rings is 2. The molecule has 0 saturated heterocycles. The zero-order chi connectivity index (χ0) is 24.8. The second-order valence-corrected chi connectivity index (χ2v) is 8.22. The Bertz CT molecular complexity index is 1180. The molecular formula is C25H26N4O6. The number of amides is 1. The molecule has 1 atom stereocenters. The number of ether oxygens (including phenoxy) is 2. The molecule has 2 N–H and O–H groups in total. The van der Waals surface area contributed by atoms with E-state index in [4.69, 9.17) is 14.6 Å². The molecule has 0 fully saturated rings. The first-order chi connectivity index (χ1) is 17.0. The van der Waals surface area contributed by atoms with Crippen LogP contribution < -0.4 is 5.32 Å². The lowest BCUT2D eigenvalue weighted by atomic mass is 9.98. The van der Waals surface area contributed by atoms with Gasteiger partial charge in [0.15, 0.2) is 0 Å². The standard InChI is InChI=1S/C25H26N4O6/c1-34-24(32)22(14-29-13-16(27-28-29)7-6-12-23(30)31)26-25(33)35-15-21-19-10-4-2-8-17(19)18-9-3-5-11-20(18)21/h2-5,8-11,13,21-22H,6-7,12,14-15H2,1H3,(H,26,33)(H,30,31)/t22-/m0/s1. The molecule has 10 heteroatoms. The maximum absolute atomic E-state index is 12.6. The van der Waals surface area contributed by atoms with Crippen molar-refractivity contribution in [3.8, 4) is 11.1 Å². The first-order valence-electron chi connectivity index (χ1n) is 11.3. The van der Waals surface area contributed by atoms with E-state index in [1.54, 1.807) is 6.20 Å². The van der Waals surface area contributed by atoms with Crippen molar-refractivity contribution in [3.05, 3.63) is 71.5 Å². The lowest BCUT2D eigenvalue weighted by Crippen LogP contribution is -2.45. The van der Waals surface area contributed by atoms with Crippen molar-refractivity contribution in [2.24, 2.45) is 0 Å². The number of hydrogen-bond donors (Lipinski definition) is 2. The van der Waals surface area contributed by atoms with Crippen molar-refractivity contribution in [1.29, 1.82) is 0 Å². The largest absolute Gasteiger partial charge is 0.481 e. The second-order valence-electron chi connectivity index (χ2n) is 8.22. The molecule has 1 aliphatic carbocycles. The van der Waals surface area contributed by atoms with E-state index in [1.807, 2.05) is 36.4 Å². The topological polar surface area (TPSA) is 133 Å². The number of aryl methyl sites for hydroxylation is 1. The van der Waals surface area contributed by atoms with E-state index in [1.165, 1.54) is 11.8 Å². The summed E-state index contributed by atoms with van der Waals surface area (Å²) in [6.07, 6.45) is 1.75. The Morgan fingerprint density at radius 3 is 2.37 bits per heavy atom. The van der Waals surface area contributed by atoms with Gasteiger partial charge in [-0.05, 0) is 35.1 Å². The summed E-state index contributed by atoms with van der Waals surface area (Å²) in [4.78, 5) is 35.6. The van der Waals surface area contributed by atoms with Crippen LogP contribution in [0.1, 0.15) is 35.6 Å². The number of aliphatic carboxylic acids is 1. The predicted molar refractivity (Wildman–Crippen MR) is 125 cm³/mol. The normalized spacial score (nSPS) is 12.9. The first kappa shape index (κ1) is 23.9. The van der Waals surface area contributed by atoms with Crippen LogP contribution in [-0.2, 0) is 32.0 Å². The van der Waals surface area contributed by atoms with Gasteiger partial charge in [-0.3, -0.25) is 4.79 Å². The third-order valence-corrected chi connectivity index (χ3v) is 5.90. The minimum Gasteiger partial charge on any atom is -0.481 e. The first-order valence-corrected chi connectivity index (χ1v) is 11.3. The highest BCUT2D eigenvalue weighted by atomic mass is 16.6. The number of carboxylic acid groups (broad SMARTS) is 1. The van der Waals surface area contributed by atoms with Crippen LogP contribution in [-0.4, -0.2) is 57.9 Å². The van der Waals surface area contributed by atoms with Gasteiger partial charge in [-0.15, -0.1) is 5.10 Å². The molecule has 0 saturated carbocycles. The molecule has 0 aliphatic heterocycles. The van der Waals surface area contributed by atoms with Crippen LogP contribution in [0.4, 0.5) is 4.79 Å². The summed E-state index contributed by atoms with van der Waals surface area (Å²) in [5.74, 6) is -1.63. The minimum absolute atomic E-state index is 0.0111. The third-order valence-electron chi connectivity index (χ3n) is 5.90. The van der Waals surface area contributed by atoms with E-state index >= 15 is 0 Å². The van der Waals surface area contributed by atoms with Crippen LogP contribution in [0.15, 0.2) is 54.7 Å². The quantitative estimate of drug-likeness (QED) is 0.425. The highest BCUT2D eigenvalue weighted by Gasteiger charge is 2.30. The number of aromatic nitrogens is 3. The summed E-state index contributed by atoms with van der Waals surface area (Å²) < 4.78 is 11.7. The van der Waals surface area contributed by atoms with E-state index < -0.39 is 24.1 Å². The van der Waals surface area contributed by atoms with Crippen molar-refractivity contribution < 1.29 is 29.0 Å². The number of nitrogens with zero attached hydrogens (tertiary/aromatic N) is 3. The SMILES string of the molecule is COC(=O)[C@H](Cn1cc(CCCC(=O)O)nn1)NC(=O)OCC1c2ccccc2-c2ccccc21. The Morgan fingerprint density at radius 2 is 1.74 bits per heavy atom. The summed E-state index contributed by atoms with van der Waals surface area (Å²) in [6, 6.07) is 15.0. The fraction of sp³-hybridized carbons (Fsp3) is 0.320. The number of carbonyl (C=O) groups is 3. The van der Waals surface area contributed by atoms with Gasteiger partial charge in [-0.25, -0.2) is 14.3 Å². The van der Waals surface area contributed by atoms with Gasteiger partial charge in [0.1, 0.15) is 12.6 Å². The van der Waals surface area contributed by atoms with Crippen molar-refractivity contribution in [1.82, 2.24) is 20.3 Å². The second kappa shape index (κ2) is 10.8. The Balaban J connectivity index is 1.37. The monoisotopic (exact) mass is 478 g/mol. The van der Waals surface area contributed by atoms with Crippen LogP contribution in [0.3, 0.4) is 0 Å². The minimum atomic E-state index is -1.04. The van der Waals surface area contributed by atoms with Crippen molar-refractivity contribution >= 4 is 18.0 Å². The fourth-order valence-corrected chi connectivity index (χ4v) is 4.25. The van der Waals surface area contributed by atoms with Crippen LogP contribution in [0, 0.1) is 0 Å². The van der Waals surface area contributed by atoms with E-state index in [0.29, 0.717) is 18.5 Å². The molecular weight excluding hydrogens is 452 g/mol. The van der Waals surface area contributed by atoms with Gasteiger partial charge in [0.25, 0.3) is 0 Å². The average molecular weight is 479 g/mol. The van der Waals surface area contributed by atoms with Gasteiger partial charge >= 0.3 is 18.0 Å². The van der Waals surface area contributed by atoms with Crippen molar-refractivity contribution in [2.45, 2.75) is 37.8 Å². The molecule has 10 nitrogen and oxygen atoms in total. The lowest BCUT2D eigenvalue weighted by Gasteiger charge is -2.18. The predicted octanol–water partition coefficient (Wildman–Crippen LogP) is 2.77. The molecule has 0 bridgehead atoms. The highest BCUT2D eigenvalue weighted by Crippen LogP contribution is 2.44. The molecule has 0 unspecified atom stereocenters. The molecule has 1 aromatic heterocycles. The fourth-order valence-electron chi connectivity index (χ4n) is 4.25. The number of fused-ring (bicyclic) bond motifs is 3. The van der Waals surface area contributed by atoms with Crippen molar-refractivity contribution in [2.75, 3.05) is 13.7 Å². The van der Waals surface area contributed by atoms with Gasteiger partial charge < -0.3 is 19.9 Å². The smallest absolute Gasteiger partial charge is 0.407 e. The number of nitrogens with one attached hydrogen (secondary N) is 1. The number of carbonyl (C=O) groups excluding carboxylic acids is 2. The summed E-state index contributed by atoms with van der Waals surface area (Å²) >= 11 is 0. The Hall–Kier alpha value is -4.21. The van der Waals surface area contributed by atoms with Crippen LogP contribution >= 0.6 is 0 Å². The van der Waals surface area contributed by atoms with Gasteiger partial charge in [0, 0.05) is 18.5 Å². The average Bonchev–Trinajstić information content (AvgIpc) is 3.43. The zero-order valence-electron chi connectivity index (χ0n) is 19.2. The maximum atomic E-state index is 12.6. The van der Waals surface area contributed by atoms with Gasteiger partial charge in [0.05, 0.1) is 19.3 Å².